The molecule has 1 unspecified atom stereocenters. The summed E-state index contributed by atoms with van der Waals surface area (Å²) in [4.78, 5) is 0. The number of aryl methyl sites for hydroxylation is 2. The van der Waals surface area contributed by atoms with Crippen LogP contribution in [0.1, 0.15) is 36.8 Å². The van der Waals surface area contributed by atoms with E-state index in [1.165, 1.54) is 12.1 Å². The molecule has 0 aliphatic heterocycles. The van der Waals surface area contributed by atoms with E-state index in [-0.39, 0.29) is 6.04 Å². The Morgan fingerprint density at radius 2 is 1.80 bits per heavy atom. The van der Waals surface area contributed by atoms with Crippen molar-refractivity contribution in [2.45, 2.75) is 26.3 Å². The minimum Gasteiger partial charge on any atom is -0.305 e. The van der Waals surface area contributed by atoms with Crippen molar-refractivity contribution in [2.24, 2.45) is 7.05 Å². The van der Waals surface area contributed by atoms with Crippen LogP contribution in [0.5, 0.6) is 0 Å². The zero-order chi connectivity index (χ0) is 14.7. The molecular weight excluding hydrogens is 260 g/mol. The molecule has 5 heteroatoms. The number of benzene rings is 1. The SMILES string of the molecule is CCNC(c1cc(F)cc(F)c1)c1cc(CC)nn1C. The van der Waals surface area contributed by atoms with Gasteiger partial charge >= 0.3 is 0 Å². The Hall–Kier alpha value is -1.75. The van der Waals surface area contributed by atoms with Gasteiger partial charge in [-0.25, -0.2) is 8.78 Å². The first kappa shape index (κ1) is 14.7. The van der Waals surface area contributed by atoms with Crippen molar-refractivity contribution >= 4 is 0 Å². The summed E-state index contributed by atoms with van der Waals surface area (Å²) in [6.07, 6.45) is 0.824. The van der Waals surface area contributed by atoms with Crippen LogP contribution in [-0.2, 0) is 13.5 Å². The van der Waals surface area contributed by atoms with Gasteiger partial charge in [0.2, 0.25) is 0 Å². The largest absolute Gasteiger partial charge is 0.305 e. The second-order valence-corrected chi connectivity index (χ2v) is 4.73. The third-order valence-electron chi connectivity index (χ3n) is 3.25. The summed E-state index contributed by atoms with van der Waals surface area (Å²) in [6, 6.07) is 5.29. The molecule has 0 fully saturated rings. The lowest BCUT2D eigenvalue weighted by Crippen LogP contribution is -2.24. The number of halogens is 2. The maximum absolute atomic E-state index is 13.4. The average molecular weight is 279 g/mol. The van der Waals surface area contributed by atoms with Crippen molar-refractivity contribution in [3.05, 3.63) is 52.9 Å². The average Bonchev–Trinajstić information content (AvgIpc) is 2.76. The molecule has 2 aromatic rings. The molecular formula is C15H19F2N3. The van der Waals surface area contributed by atoms with Gasteiger partial charge in [0.25, 0.3) is 0 Å². The normalized spacial score (nSPS) is 12.7. The van der Waals surface area contributed by atoms with Gasteiger partial charge in [0.1, 0.15) is 11.6 Å². The van der Waals surface area contributed by atoms with Crippen LogP contribution < -0.4 is 5.32 Å². The topological polar surface area (TPSA) is 29.9 Å². The maximum Gasteiger partial charge on any atom is 0.126 e. The van der Waals surface area contributed by atoms with Crippen LogP contribution in [0.2, 0.25) is 0 Å². The zero-order valence-corrected chi connectivity index (χ0v) is 12.0. The van der Waals surface area contributed by atoms with E-state index >= 15 is 0 Å². The lowest BCUT2D eigenvalue weighted by Gasteiger charge is -2.19. The first-order valence-corrected chi connectivity index (χ1v) is 6.77. The molecule has 0 saturated carbocycles. The molecule has 0 radical (unpaired) electrons. The molecule has 3 nitrogen and oxygen atoms in total. The fraction of sp³-hybridized carbons (Fsp3) is 0.400. The van der Waals surface area contributed by atoms with E-state index in [9.17, 15) is 8.78 Å². The molecule has 0 amide bonds. The van der Waals surface area contributed by atoms with Crippen molar-refractivity contribution in [3.8, 4) is 0 Å². The molecule has 0 spiro atoms. The van der Waals surface area contributed by atoms with Crippen molar-refractivity contribution < 1.29 is 8.78 Å². The highest BCUT2D eigenvalue weighted by atomic mass is 19.1. The van der Waals surface area contributed by atoms with E-state index in [4.69, 9.17) is 0 Å². The van der Waals surface area contributed by atoms with E-state index in [2.05, 4.69) is 10.4 Å². The van der Waals surface area contributed by atoms with Crippen molar-refractivity contribution in [2.75, 3.05) is 6.54 Å². The molecule has 1 heterocycles. The molecule has 0 aliphatic rings. The maximum atomic E-state index is 13.4. The van der Waals surface area contributed by atoms with E-state index in [0.29, 0.717) is 12.1 Å². The highest BCUT2D eigenvalue weighted by Gasteiger charge is 2.19. The van der Waals surface area contributed by atoms with E-state index in [1.807, 2.05) is 27.0 Å². The lowest BCUT2D eigenvalue weighted by molar-refractivity contribution is 0.546. The van der Waals surface area contributed by atoms with Crippen LogP contribution >= 0.6 is 0 Å². The Labute approximate surface area is 117 Å². The van der Waals surface area contributed by atoms with Gasteiger partial charge in [0, 0.05) is 13.1 Å². The van der Waals surface area contributed by atoms with Crippen LogP contribution in [0, 0.1) is 11.6 Å². The molecule has 108 valence electrons. The molecule has 1 N–H and O–H groups in total. The number of nitrogens with one attached hydrogen (secondary N) is 1. The van der Waals surface area contributed by atoms with Gasteiger partial charge in [-0.15, -0.1) is 0 Å². The van der Waals surface area contributed by atoms with Crippen molar-refractivity contribution in [1.82, 2.24) is 15.1 Å². The summed E-state index contributed by atoms with van der Waals surface area (Å²) in [7, 11) is 1.84. The Morgan fingerprint density at radius 3 is 2.30 bits per heavy atom. The lowest BCUT2D eigenvalue weighted by atomic mass is 10.0. The number of hydrogen-bond acceptors (Lipinski definition) is 2. The summed E-state index contributed by atoms with van der Waals surface area (Å²) in [5.41, 5.74) is 2.42. The first-order chi connectivity index (χ1) is 9.55. The molecule has 0 bridgehead atoms. The van der Waals surface area contributed by atoms with Gasteiger partial charge in [0.15, 0.2) is 0 Å². The molecule has 1 aromatic heterocycles. The quantitative estimate of drug-likeness (QED) is 0.912. The van der Waals surface area contributed by atoms with Gasteiger partial charge in [-0.3, -0.25) is 4.68 Å². The highest BCUT2D eigenvalue weighted by Crippen LogP contribution is 2.24. The molecule has 1 atom stereocenters. The predicted octanol–water partition coefficient (Wildman–Crippen LogP) is 2.96. The van der Waals surface area contributed by atoms with Crippen molar-refractivity contribution in [3.63, 3.8) is 0 Å². The molecule has 0 aliphatic carbocycles. The van der Waals surface area contributed by atoms with Gasteiger partial charge in [-0.05, 0) is 36.7 Å². The van der Waals surface area contributed by atoms with Gasteiger partial charge in [0.05, 0.1) is 17.4 Å². The zero-order valence-electron chi connectivity index (χ0n) is 12.0. The monoisotopic (exact) mass is 279 g/mol. The van der Waals surface area contributed by atoms with E-state index < -0.39 is 11.6 Å². The first-order valence-electron chi connectivity index (χ1n) is 6.77. The number of aromatic nitrogens is 2. The second-order valence-electron chi connectivity index (χ2n) is 4.73. The Morgan fingerprint density at radius 1 is 1.15 bits per heavy atom. The summed E-state index contributed by atoms with van der Waals surface area (Å²) in [6.45, 7) is 4.67. The minimum atomic E-state index is -0.569. The standard InChI is InChI=1S/C15H19F2N3/c1-4-13-9-14(20(3)19-13)15(18-5-2)10-6-11(16)8-12(17)7-10/h6-9,15,18H,4-5H2,1-3H3. The minimum absolute atomic E-state index is 0.275. The fourth-order valence-corrected chi connectivity index (χ4v) is 2.33. The van der Waals surface area contributed by atoms with Crippen LogP contribution in [-0.4, -0.2) is 16.3 Å². The smallest absolute Gasteiger partial charge is 0.126 e. The number of hydrogen-bond donors (Lipinski definition) is 1. The Kier molecular flexibility index (Phi) is 4.49. The predicted molar refractivity (Wildman–Crippen MR) is 74.5 cm³/mol. The summed E-state index contributed by atoms with van der Waals surface area (Å²) in [5.74, 6) is -1.14. The third kappa shape index (κ3) is 3.04. The van der Waals surface area contributed by atoms with Gasteiger partial charge in [-0.2, -0.15) is 5.10 Å². The third-order valence-corrected chi connectivity index (χ3v) is 3.25. The van der Waals surface area contributed by atoms with Crippen LogP contribution in [0.3, 0.4) is 0 Å². The van der Waals surface area contributed by atoms with Crippen LogP contribution in [0.4, 0.5) is 8.78 Å². The summed E-state index contributed by atoms with van der Waals surface area (Å²) >= 11 is 0. The van der Waals surface area contributed by atoms with Crippen molar-refractivity contribution in [1.29, 1.82) is 0 Å². The molecule has 0 saturated heterocycles. The fourth-order valence-electron chi connectivity index (χ4n) is 2.33. The number of nitrogens with zero attached hydrogens (tertiary/aromatic N) is 2. The molecule has 20 heavy (non-hydrogen) atoms. The summed E-state index contributed by atoms with van der Waals surface area (Å²) < 4.78 is 28.6. The summed E-state index contributed by atoms with van der Waals surface area (Å²) in [5, 5.41) is 7.65. The van der Waals surface area contributed by atoms with Gasteiger partial charge < -0.3 is 5.32 Å². The van der Waals surface area contributed by atoms with Gasteiger partial charge in [-0.1, -0.05) is 13.8 Å². The van der Waals surface area contributed by atoms with E-state index in [0.717, 1.165) is 23.9 Å². The van der Waals surface area contributed by atoms with Crippen LogP contribution in [0.15, 0.2) is 24.3 Å². The van der Waals surface area contributed by atoms with Crippen LogP contribution in [0.25, 0.3) is 0 Å². The highest BCUT2D eigenvalue weighted by molar-refractivity contribution is 5.30. The molecule has 2 rings (SSSR count). The number of rotatable bonds is 5. The van der Waals surface area contributed by atoms with E-state index in [1.54, 1.807) is 4.68 Å². The molecule has 1 aromatic carbocycles. The Bertz CT molecular complexity index is 573. The second kappa shape index (κ2) is 6.13. The Balaban J connectivity index is 2.46.